The van der Waals surface area contributed by atoms with Crippen LogP contribution in [0.1, 0.15) is 19.8 Å². The monoisotopic (exact) mass is 171 g/mol. The minimum absolute atomic E-state index is 0.235. The van der Waals surface area contributed by atoms with Crippen LogP contribution in [0.15, 0.2) is 4.99 Å². The molecule has 0 saturated heterocycles. The number of nitrogens with zero attached hydrogens (tertiary/aromatic N) is 1. The normalized spacial score (nSPS) is 18.3. The zero-order valence-corrected chi connectivity index (χ0v) is 7.51. The van der Waals surface area contributed by atoms with Crippen molar-refractivity contribution in [1.29, 1.82) is 0 Å². The lowest BCUT2D eigenvalue weighted by Gasteiger charge is -2.16. The second-order valence-corrected chi connectivity index (χ2v) is 2.92. The molecule has 12 heavy (non-hydrogen) atoms. The minimum atomic E-state index is 0.235. The van der Waals surface area contributed by atoms with E-state index in [-0.39, 0.29) is 6.61 Å². The maximum atomic E-state index is 8.74. The van der Waals surface area contributed by atoms with Gasteiger partial charge in [0, 0.05) is 19.2 Å². The van der Waals surface area contributed by atoms with E-state index >= 15 is 0 Å². The molecular weight excluding hydrogens is 154 g/mol. The van der Waals surface area contributed by atoms with Crippen LogP contribution in [0.3, 0.4) is 0 Å². The van der Waals surface area contributed by atoms with Crippen LogP contribution in [0.25, 0.3) is 0 Å². The van der Waals surface area contributed by atoms with Crippen molar-refractivity contribution in [2.24, 2.45) is 4.99 Å². The van der Waals surface area contributed by atoms with Gasteiger partial charge in [-0.05, 0) is 12.8 Å². The van der Waals surface area contributed by atoms with Gasteiger partial charge >= 0.3 is 0 Å². The SMILES string of the molecule is CCC(CCO)NC1=NCCN1. The van der Waals surface area contributed by atoms with Gasteiger partial charge in [0.15, 0.2) is 5.96 Å². The first-order valence-corrected chi connectivity index (χ1v) is 4.52. The molecule has 1 heterocycles. The lowest BCUT2D eigenvalue weighted by molar-refractivity contribution is 0.269. The van der Waals surface area contributed by atoms with E-state index in [1.807, 2.05) is 0 Å². The molecule has 1 rings (SSSR count). The van der Waals surface area contributed by atoms with Gasteiger partial charge in [-0.1, -0.05) is 6.92 Å². The molecule has 1 atom stereocenters. The van der Waals surface area contributed by atoms with Gasteiger partial charge < -0.3 is 15.7 Å². The highest BCUT2D eigenvalue weighted by Crippen LogP contribution is 1.96. The number of aliphatic imine (C=N–C) groups is 1. The summed E-state index contributed by atoms with van der Waals surface area (Å²) in [5, 5.41) is 15.1. The first-order chi connectivity index (χ1) is 5.86. The van der Waals surface area contributed by atoms with E-state index in [0.717, 1.165) is 31.9 Å². The number of hydrogen-bond donors (Lipinski definition) is 3. The molecular formula is C8H17N3O. The first-order valence-electron chi connectivity index (χ1n) is 4.52. The molecule has 1 aliphatic rings. The lowest BCUT2D eigenvalue weighted by atomic mass is 10.2. The number of rotatable bonds is 4. The molecule has 0 aliphatic carbocycles. The first kappa shape index (κ1) is 9.32. The molecule has 1 aliphatic heterocycles. The Morgan fingerprint density at radius 3 is 3.08 bits per heavy atom. The van der Waals surface area contributed by atoms with E-state index < -0.39 is 0 Å². The highest BCUT2D eigenvalue weighted by atomic mass is 16.3. The van der Waals surface area contributed by atoms with Crippen molar-refractivity contribution in [2.75, 3.05) is 19.7 Å². The molecule has 1 unspecified atom stereocenters. The standard InChI is InChI=1S/C8H17N3O/c1-2-7(3-6-12)11-8-9-4-5-10-8/h7,12H,2-6H2,1H3,(H2,9,10,11). The van der Waals surface area contributed by atoms with E-state index in [2.05, 4.69) is 22.5 Å². The molecule has 3 N–H and O–H groups in total. The van der Waals surface area contributed by atoms with Crippen molar-refractivity contribution >= 4 is 5.96 Å². The summed E-state index contributed by atoms with van der Waals surface area (Å²) in [6.45, 7) is 4.12. The van der Waals surface area contributed by atoms with E-state index in [9.17, 15) is 0 Å². The molecule has 4 heteroatoms. The molecule has 4 nitrogen and oxygen atoms in total. The third kappa shape index (κ3) is 2.70. The van der Waals surface area contributed by atoms with Crippen LogP contribution in [0.4, 0.5) is 0 Å². The summed E-state index contributed by atoms with van der Waals surface area (Å²) in [6.07, 6.45) is 1.80. The molecule has 0 aromatic rings. The molecule has 0 amide bonds. The Hall–Kier alpha value is -0.770. The third-order valence-electron chi connectivity index (χ3n) is 1.99. The van der Waals surface area contributed by atoms with Crippen LogP contribution in [0.2, 0.25) is 0 Å². The summed E-state index contributed by atoms with van der Waals surface area (Å²) in [7, 11) is 0. The fourth-order valence-electron chi connectivity index (χ4n) is 1.22. The van der Waals surface area contributed by atoms with Gasteiger partial charge in [0.25, 0.3) is 0 Å². The molecule has 70 valence electrons. The summed E-state index contributed by atoms with van der Waals surface area (Å²) in [4.78, 5) is 4.22. The maximum absolute atomic E-state index is 8.74. The van der Waals surface area contributed by atoms with Crippen molar-refractivity contribution in [3.8, 4) is 0 Å². The summed E-state index contributed by atoms with van der Waals surface area (Å²) in [5.74, 6) is 0.885. The van der Waals surface area contributed by atoms with Gasteiger partial charge in [0.2, 0.25) is 0 Å². The van der Waals surface area contributed by atoms with Gasteiger partial charge in [-0.3, -0.25) is 4.99 Å². The zero-order chi connectivity index (χ0) is 8.81. The van der Waals surface area contributed by atoms with E-state index in [0.29, 0.717) is 6.04 Å². The van der Waals surface area contributed by atoms with Gasteiger partial charge in [-0.25, -0.2) is 0 Å². The Labute approximate surface area is 73.1 Å². The van der Waals surface area contributed by atoms with Crippen molar-refractivity contribution in [3.05, 3.63) is 0 Å². The second-order valence-electron chi connectivity index (χ2n) is 2.92. The minimum Gasteiger partial charge on any atom is -0.396 e. The Kier molecular flexibility index (Phi) is 3.87. The predicted octanol–water partition coefficient (Wildman–Crippen LogP) is -0.304. The molecule has 0 radical (unpaired) electrons. The van der Waals surface area contributed by atoms with Crippen molar-refractivity contribution in [3.63, 3.8) is 0 Å². The molecule has 0 bridgehead atoms. The van der Waals surface area contributed by atoms with Crippen molar-refractivity contribution in [1.82, 2.24) is 10.6 Å². The molecule has 0 saturated carbocycles. The quantitative estimate of drug-likeness (QED) is 0.544. The second kappa shape index (κ2) is 4.98. The predicted molar refractivity (Wildman–Crippen MR) is 49.2 cm³/mol. The smallest absolute Gasteiger partial charge is 0.191 e. The van der Waals surface area contributed by atoms with Crippen LogP contribution < -0.4 is 10.6 Å². The highest BCUT2D eigenvalue weighted by molar-refractivity contribution is 5.81. The van der Waals surface area contributed by atoms with E-state index in [1.165, 1.54) is 0 Å². The van der Waals surface area contributed by atoms with Gasteiger partial charge in [0.05, 0.1) is 6.54 Å². The van der Waals surface area contributed by atoms with Crippen LogP contribution in [0, 0.1) is 0 Å². The largest absolute Gasteiger partial charge is 0.396 e. The van der Waals surface area contributed by atoms with Crippen molar-refractivity contribution in [2.45, 2.75) is 25.8 Å². The molecule has 0 aromatic heterocycles. The Morgan fingerprint density at radius 2 is 2.58 bits per heavy atom. The summed E-state index contributed by atoms with van der Waals surface area (Å²) < 4.78 is 0. The van der Waals surface area contributed by atoms with E-state index in [4.69, 9.17) is 5.11 Å². The Bertz CT molecular complexity index is 158. The topological polar surface area (TPSA) is 56.6 Å². The van der Waals surface area contributed by atoms with Gasteiger partial charge in [0.1, 0.15) is 0 Å². The zero-order valence-electron chi connectivity index (χ0n) is 7.51. The third-order valence-corrected chi connectivity index (χ3v) is 1.99. The number of aliphatic hydroxyl groups excluding tert-OH is 1. The average Bonchev–Trinajstić information content (AvgIpc) is 2.56. The number of aliphatic hydroxyl groups is 1. The van der Waals surface area contributed by atoms with Gasteiger partial charge in [-0.2, -0.15) is 0 Å². The summed E-state index contributed by atoms with van der Waals surface area (Å²) in [6, 6.07) is 0.347. The number of hydrogen-bond acceptors (Lipinski definition) is 4. The molecule has 0 spiro atoms. The van der Waals surface area contributed by atoms with Crippen LogP contribution >= 0.6 is 0 Å². The fraction of sp³-hybridized carbons (Fsp3) is 0.875. The lowest BCUT2D eigenvalue weighted by Crippen LogP contribution is -2.41. The summed E-state index contributed by atoms with van der Waals surface area (Å²) in [5.41, 5.74) is 0. The fourth-order valence-corrected chi connectivity index (χ4v) is 1.22. The number of guanidine groups is 1. The molecule has 0 fully saturated rings. The van der Waals surface area contributed by atoms with Gasteiger partial charge in [-0.15, -0.1) is 0 Å². The number of nitrogens with one attached hydrogen (secondary N) is 2. The summed E-state index contributed by atoms with van der Waals surface area (Å²) >= 11 is 0. The van der Waals surface area contributed by atoms with Crippen molar-refractivity contribution < 1.29 is 5.11 Å². The highest BCUT2D eigenvalue weighted by Gasteiger charge is 2.09. The Balaban J connectivity index is 2.25. The van der Waals surface area contributed by atoms with Crippen LogP contribution in [-0.2, 0) is 0 Å². The van der Waals surface area contributed by atoms with E-state index in [1.54, 1.807) is 0 Å². The Morgan fingerprint density at radius 1 is 1.75 bits per heavy atom. The molecule has 0 aromatic carbocycles. The maximum Gasteiger partial charge on any atom is 0.191 e. The van der Waals surface area contributed by atoms with Crippen LogP contribution in [0.5, 0.6) is 0 Å². The van der Waals surface area contributed by atoms with Crippen LogP contribution in [-0.4, -0.2) is 36.8 Å². The average molecular weight is 171 g/mol.